The van der Waals surface area contributed by atoms with E-state index in [1.165, 1.54) is 5.56 Å². The molecule has 3 heteroatoms. The number of rotatable bonds is 1. The molecule has 0 spiro atoms. The molecule has 0 unspecified atom stereocenters. The van der Waals surface area contributed by atoms with E-state index in [1.807, 2.05) is 67.2 Å². The molecule has 21 heavy (non-hydrogen) atoms. The van der Waals surface area contributed by atoms with Gasteiger partial charge in [0.1, 0.15) is 5.69 Å². The Hall–Kier alpha value is -2.68. The molecular weight excluding hydrogens is 260 g/mol. The summed E-state index contributed by atoms with van der Waals surface area (Å²) in [6.45, 7) is 2.05. The summed E-state index contributed by atoms with van der Waals surface area (Å²) in [5.74, 6) is 0.0734. The van der Waals surface area contributed by atoms with E-state index < -0.39 is 0 Å². The molecular formula is C18H14N2O. The van der Waals surface area contributed by atoms with Crippen molar-refractivity contribution >= 4 is 5.78 Å². The van der Waals surface area contributed by atoms with Crippen LogP contribution in [0.3, 0.4) is 0 Å². The van der Waals surface area contributed by atoms with Crippen molar-refractivity contribution in [3.8, 4) is 22.5 Å². The lowest BCUT2D eigenvalue weighted by molar-refractivity contribution is 0.104. The van der Waals surface area contributed by atoms with Gasteiger partial charge in [0.15, 0.2) is 5.78 Å². The Morgan fingerprint density at radius 1 is 0.952 bits per heavy atom. The zero-order valence-electron chi connectivity index (χ0n) is 11.9. The Kier molecular flexibility index (Phi) is 2.39. The number of nitrogens with zero attached hydrogens (tertiary/aromatic N) is 2. The third-order valence-electron chi connectivity index (χ3n) is 4.03. The smallest absolute Gasteiger partial charge is 0.198 e. The van der Waals surface area contributed by atoms with E-state index in [0.29, 0.717) is 0 Å². The van der Waals surface area contributed by atoms with Crippen LogP contribution in [0.5, 0.6) is 0 Å². The van der Waals surface area contributed by atoms with E-state index >= 15 is 0 Å². The summed E-state index contributed by atoms with van der Waals surface area (Å²) >= 11 is 0. The predicted molar refractivity (Wildman–Crippen MR) is 82.2 cm³/mol. The summed E-state index contributed by atoms with van der Waals surface area (Å²) in [5.41, 5.74) is 6.35. The van der Waals surface area contributed by atoms with Crippen molar-refractivity contribution in [3.05, 3.63) is 65.2 Å². The second kappa shape index (κ2) is 4.16. The number of aromatic nitrogens is 2. The highest BCUT2D eigenvalue weighted by molar-refractivity contribution is 6.23. The van der Waals surface area contributed by atoms with Crippen LogP contribution in [0.25, 0.3) is 22.5 Å². The first kappa shape index (κ1) is 12.1. The topological polar surface area (TPSA) is 34.9 Å². The maximum absolute atomic E-state index is 12.7. The maximum atomic E-state index is 12.7. The molecule has 3 nitrogen and oxygen atoms in total. The van der Waals surface area contributed by atoms with E-state index in [-0.39, 0.29) is 5.78 Å². The van der Waals surface area contributed by atoms with E-state index in [9.17, 15) is 4.79 Å². The number of aryl methyl sites for hydroxylation is 2. The molecule has 0 saturated heterocycles. The van der Waals surface area contributed by atoms with Gasteiger partial charge in [-0.2, -0.15) is 5.10 Å². The zero-order chi connectivity index (χ0) is 14.6. The van der Waals surface area contributed by atoms with Crippen LogP contribution in [-0.2, 0) is 7.05 Å². The highest BCUT2D eigenvalue weighted by Crippen LogP contribution is 2.40. The lowest BCUT2D eigenvalue weighted by Gasteiger charge is -2.01. The van der Waals surface area contributed by atoms with Crippen molar-refractivity contribution in [1.82, 2.24) is 9.78 Å². The molecule has 1 aromatic heterocycles. The van der Waals surface area contributed by atoms with E-state index in [1.54, 1.807) is 0 Å². The Morgan fingerprint density at radius 2 is 1.62 bits per heavy atom. The molecule has 0 atom stereocenters. The standard InChI is InChI=1S/C18H14N2O/c1-11-7-9-12(10-8-11)16-15-17(20(2)19-16)13-5-3-4-6-14(13)18(15)21/h3-10H,1-2H3. The summed E-state index contributed by atoms with van der Waals surface area (Å²) < 4.78 is 1.81. The van der Waals surface area contributed by atoms with Crippen LogP contribution in [0.4, 0.5) is 0 Å². The number of ketones is 1. The molecule has 0 saturated carbocycles. The largest absolute Gasteiger partial charge is 0.288 e. The number of fused-ring (bicyclic) bond motifs is 3. The van der Waals surface area contributed by atoms with Gasteiger partial charge in [0, 0.05) is 23.7 Å². The average Bonchev–Trinajstić information content (AvgIpc) is 2.98. The van der Waals surface area contributed by atoms with Crippen molar-refractivity contribution in [1.29, 1.82) is 0 Å². The monoisotopic (exact) mass is 274 g/mol. The zero-order valence-corrected chi connectivity index (χ0v) is 11.9. The van der Waals surface area contributed by atoms with Gasteiger partial charge in [0.2, 0.25) is 0 Å². The van der Waals surface area contributed by atoms with E-state index in [4.69, 9.17) is 0 Å². The van der Waals surface area contributed by atoms with Gasteiger partial charge in [-0.15, -0.1) is 0 Å². The first-order valence-corrected chi connectivity index (χ1v) is 6.95. The van der Waals surface area contributed by atoms with Gasteiger partial charge in [-0.05, 0) is 6.92 Å². The molecule has 0 bridgehead atoms. The minimum absolute atomic E-state index is 0.0734. The van der Waals surface area contributed by atoms with E-state index in [2.05, 4.69) is 5.10 Å². The second-order valence-electron chi connectivity index (χ2n) is 5.44. The third kappa shape index (κ3) is 1.61. The van der Waals surface area contributed by atoms with Crippen LogP contribution < -0.4 is 0 Å². The average molecular weight is 274 g/mol. The highest BCUT2D eigenvalue weighted by Gasteiger charge is 2.33. The molecule has 4 rings (SSSR count). The Labute approximate surface area is 122 Å². The molecule has 1 aliphatic rings. The van der Waals surface area contributed by atoms with Crippen LogP contribution in [0.2, 0.25) is 0 Å². The van der Waals surface area contributed by atoms with Gasteiger partial charge < -0.3 is 0 Å². The Bertz CT molecular complexity index is 873. The molecule has 1 heterocycles. The minimum atomic E-state index is 0.0734. The third-order valence-corrected chi connectivity index (χ3v) is 4.03. The minimum Gasteiger partial charge on any atom is -0.288 e. The van der Waals surface area contributed by atoms with Gasteiger partial charge in [-0.1, -0.05) is 54.1 Å². The molecule has 3 aromatic rings. The van der Waals surface area contributed by atoms with Gasteiger partial charge >= 0.3 is 0 Å². The fraction of sp³-hybridized carbons (Fsp3) is 0.111. The molecule has 2 aromatic carbocycles. The molecule has 102 valence electrons. The lowest BCUT2D eigenvalue weighted by Crippen LogP contribution is -1.98. The van der Waals surface area contributed by atoms with Gasteiger partial charge in [0.25, 0.3) is 0 Å². The number of benzene rings is 2. The Morgan fingerprint density at radius 3 is 2.33 bits per heavy atom. The van der Waals surface area contributed by atoms with Crippen molar-refractivity contribution in [2.75, 3.05) is 0 Å². The molecule has 0 aliphatic heterocycles. The number of carbonyl (C=O) groups is 1. The Balaban J connectivity index is 1.99. The second-order valence-corrected chi connectivity index (χ2v) is 5.44. The molecule has 1 aliphatic carbocycles. The summed E-state index contributed by atoms with van der Waals surface area (Å²) in [5, 5.41) is 4.58. The fourth-order valence-electron chi connectivity index (χ4n) is 2.98. The SMILES string of the molecule is Cc1ccc(-c2nn(C)c3c2C(=O)c2ccccc2-3)cc1. The van der Waals surface area contributed by atoms with Crippen LogP contribution in [-0.4, -0.2) is 15.6 Å². The van der Waals surface area contributed by atoms with Crippen LogP contribution in [0.1, 0.15) is 21.5 Å². The number of hydrogen-bond acceptors (Lipinski definition) is 2. The van der Waals surface area contributed by atoms with Crippen molar-refractivity contribution in [2.24, 2.45) is 7.05 Å². The first-order valence-electron chi connectivity index (χ1n) is 6.95. The molecule has 0 N–H and O–H groups in total. The summed E-state index contributed by atoms with van der Waals surface area (Å²) in [6.07, 6.45) is 0. The summed E-state index contributed by atoms with van der Waals surface area (Å²) in [4.78, 5) is 12.7. The van der Waals surface area contributed by atoms with Crippen LogP contribution >= 0.6 is 0 Å². The summed E-state index contributed by atoms with van der Waals surface area (Å²) in [6, 6.07) is 15.9. The molecule has 0 amide bonds. The van der Waals surface area contributed by atoms with Crippen molar-refractivity contribution < 1.29 is 4.79 Å². The quantitative estimate of drug-likeness (QED) is 0.531. The lowest BCUT2D eigenvalue weighted by atomic mass is 10.0. The van der Waals surface area contributed by atoms with Gasteiger partial charge in [-0.25, -0.2) is 0 Å². The van der Waals surface area contributed by atoms with Crippen LogP contribution in [0, 0.1) is 6.92 Å². The van der Waals surface area contributed by atoms with Crippen molar-refractivity contribution in [3.63, 3.8) is 0 Å². The first-order chi connectivity index (χ1) is 10.2. The highest BCUT2D eigenvalue weighted by atomic mass is 16.1. The van der Waals surface area contributed by atoms with Crippen molar-refractivity contribution in [2.45, 2.75) is 6.92 Å². The normalized spacial score (nSPS) is 12.4. The summed E-state index contributed by atoms with van der Waals surface area (Å²) in [7, 11) is 1.89. The molecule has 0 fully saturated rings. The van der Waals surface area contributed by atoms with E-state index in [0.717, 1.165) is 33.6 Å². The number of carbonyl (C=O) groups excluding carboxylic acids is 1. The molecule has 0 radical (unpaired) electrons. The van der Waals surface area contributed by atoms with Gasteiger partial charge in [-0.3, -0.25) is 9.48 Å². The fourth-order valence-corrected chi connectivity index (χ4v) is 2.98. The predicted octanol–water partition coefficient (Wildman–Crippen LogP) is 3.61. The van der Waals surface area contributed by atoms with Crippen LogP contribution in [0.15, 0.2) is 48.5 Å². The maximum Gasteiger partial charge on any atom is 0.198 e. The van der Waals surface area contributed by atoms with Gasteiger partial charge in [0.05, 0.1) is 11.3 Å². The number of hydrogen-bond donors (Lipinski definition) is 0.